The van der Waals surface area contributed by atoms with Crippen molar-refractivity contribution in [3.05, 3.63) is 23.9 Å². The lowest BCUT2D eigenvalue weighted by atomic mass is 10.0. The molecule has 3 aliphatic heterocycles. The Hall–Kier alpha value is -1.70. The number of nitrogens with zero attached hydrogens (tertiary/aromatic N) is 4. The average molecular weight is 389 g/mol. The van der Waals surface area contributed by atoms with Crippen LogP contribution < -0.4 is 4.90 Å². The van der Waals surface area contributed by atoms with E-state index in [9.17, 15) is 4.79 Å². The van der Waals surface area contributed by atoms with E-state index >= 15 is 0 Å². The number of methoxy groups -OCH3 is 1. The van der Waals surface area contributed by atoms with Crippen molar-refractivity contribution in [3.8, 4) is 0 Å². The number of anilines is 1. The molecule has 28 heavy (non-hydrogen) atoms. The molecule has 0 unspecified atom stereocenters. The molecule has 0 aliphatic carbocycles. The Labute approximate surface area is 167 Å². The van der Waals surface area contributed by atoms with Crippen molar-refractivity contribution < 1.29 is 14.3 Å². The highest BCUT2D eigenvalue weighted by molar-refractivity contribution is 5.94. The summed E-state index contributed by atoms with van der Waals surface area (Å²) < 4.78 is 10.7. The Kier molecular flexibility index (Phi) is 6.44. The van der Waals surface area contributed by atoms with E-state index in [2.05, 4.69) is 14.8 Å². The molecule has 154 valence electrons. The molecule has 0 saturated carbocycles. The molecule has 3 aliphatic rings. The lowest BCUT2D eigenvalue weighted by Gasteiger charge is -2.40. The number of carbonyl (C=O) groups excluding carboxylic acids is 1. The average Bonchev–Trinajstić information content (AvgIpc) is 3.23. The third-order valence-corrected chi connectivity index (χ3v) is 6.32. The summed E-state index contributed by atoms with van der Waals surface area (Å²) in [6.45, 7) is 8.14. The minimum absolute atomic E-state index is 0.109. The maximum Gasteiger partial charge on any atom is 0.255 e. The summed E-state index contributed by atoms with van der Waals surface area (Å²) in [5.74, 6) is 1.64. The van der Waals surface area contributed by atoms with E-state index in [1.54, 1.807) is 13.3 Å². The quantitative estimate of drug-likeness (QED) is 0.762. The van der Waals surface area contributed by atoms with Gasteiger partial charge in [-0.2, -0.15) is 0 Å². The first kappa shape index (κ1) is 19.6. The van der Waals surface area contributed by atoms with Crippen LogP contribution in [0.25, 0.3) is 0 Å². The number of morpholine rings is 1. The normalized spacial score (nSPS) is 24.7. The maximum atomic E-state index is 12.9. The van der Waals surface area contributed by atoms with Crippen LogP contribution in [0, 0.1) is 5.92 Å². The smallest absolute Gasteiger partial charge is 0.255 e. The number of rotatable bonds is 5. The minimum Gasteiger partial charge on any atom is -0.384 e. The van der Waals surface area contributed by atoms with E-state index in [1.165, 1.54) is 0 Å². The fourth-order valence-electron chi connectivity index (χ4n) is 4.67. The van der Waals surface area contributed by atoms with Gasteiger partial charge in [-0.25, -0.2) is 4.98 Å². The van der Waals surface area contributed by atoms with E-state index in [0.717, 1.165) is 84.2 Å². The van der Waals surface area contributed by atoms with Crippen LogP contribution in [0.4, 0.5) is 5.82 Å². The van der Waals surface area contributed by atoms with Crippen molar-refractivity contribution >= 4 is 11.7 Å². The summed E-state index contributed by atoms with van der Waals surface area (Å²) in [7, 11) is 1.76. The van der Waals surface area contributed by atoms with E-state index in [0.29, 0.717) is 17.5 Å². The number of aromatic nitrogens is 1. The van der Waals surface area contributed by atoms with Crippen LogP contribution in [0.15, 0.2) is 18.3 Å². The molecule has 3 fully saturated rings. The molecule has 1 atom stereocenters. The molecule has 4 rings (SSSR count). The van der Waals surface area contributed by atoms with E-state index in [-0.39, 0.29) is 5.91 Å². The topological polar surface area (TPSA) is 58.1 Å². The van der Waals surface area contributed by atoms with Gasteiger partial charge in [0.15, 0.2) is 0 Å². The van der Waals surface area contributed by atoms with Gasteiger partial charge in [0.25, 0.3) is 5.91 Å². The van der Waals surface area contributed by atoms with Gasteiger partial charge < -0.3 is 19.3 Å². The lowest BCUT2D eigenvalue weighted by molar-refractivity contribution is 0.00158. The molecule has 1 aromatic heterocycles. The standard InChI is InChI=1S/C21H32N4O3/c1-27-16-17-4-7-25(15-17)20-3-2-18(14-22-20)21(26)24-8-5-19(6-9-24)23-10-12-28-13-11-23/h2-3,14,17,19H,4-13,15-16H2,1H3/t17-/m0/s1. The van der Waals surface area contributed by atoms with Crippen LogP contribution in [0.3, 0.4) is 0 Å². The number of ether oxygens (including phenoxy) is 2. The van der Waals surface area contributed by atoms with Gasteiger partial charge in [0, 0.05) is 64.5 Å². The molecular weight excluding hydrogens is 356 g/mol. The van der Waals surface area contributed by atoms with Gasteiger partial charge in [0.05, 0.1) is 25.4 Å². The van der Waals surface area contributed by atoms with Gasteiger partial charge in [0.2, 0.25) is 0 Å². The van der Waals surface area contributed by atoms with Gasteiger partial charge in [0.1, 0.15) is 5.82 Å². The second-order valence-corrected chi connectivity index (χ2v) is 8.13. The highest BCUT2D eigenvalue weighted by Crippen LogP contribution is 2.23. The van der Waals surface area contributed by atoms with Crippen LogP contribution in [0.5, 0.6) is 0 Å². The largest absolute Gasteiger partial charge is 0.384 e. The van der Waals surface area contributed by atoms with Gasteiger partial charge in [-0.05, 0) is 31.4 Å². The summed E-state index contributed by atoms with van der Waals surface area (Å²) in [5, 5.41) is 0. The Morgan fingerprint density at radius 3 is 2.61 bits per heavy atom. The zero-order valence-corrected chi connectivity index (χ0v) is 16.9. The zero-order chi connectivity index (χ0) is 19.3. The molecule has 3 saturated heterocycles. The number of pyridine rings is 1. The first-order valence-corrected chi connectivity index (χ1v) is 10.6. The van der Waals surface area contributed by atoms with Crippen LogP contribution in [0.2, 0.25) is 0 Å². The van der Waals surface area contributed by atoms with Gasteiger partial charge in [-0.15, -0.1) is 0 Å². The number of amides is 1. The van der Waals surface area contributed by atoms with Crippen LogP contribution in [-0.2, 0) is 9.47 Å². The highest BCUT2D eigenvalue weighted by Gasteiger charge is 2.29. The van der Waals surface area contributed by atoms with Crippen molar-refractivity contribution in [3.63, 3.8) is 0 Å². The SMILES string of the molecule is COC[C@H]1CCN(c2ccc(C(=O)N3CCC(N4CCOCC4)CC3)cn2)C1. The second kappa shape index (κ2) is 9.20. The molecule has 0 radical (unpaired) electrons. The summed E-state index contributed by atoms with van der Waals surface area (Å²) in [6, 6.07) is 4.51. The zero-order valence-electron chi connectivity index (χ0n) is 16.9. The minimum atomic E-state index is 0.109. The predicted molar refractivity (Wildman–Crippen MR) is 108 cm³/mol. The molecule has 7 heteroatoms. The Morgan fingerprint density at radius 2 is 1.93 bits per heavy atom. The van der Waals surface area contributed by atoms with Crippen molar-refractivity contribution in [1.29, 1.82) is 0 Å². The fourth-order valence-corrected chi connectivity index (χ4v) is 4.67. The molecule has 0 spiro atoms. The van der Waals surface area contributed by atoms with Crippen molar-refractivity contribution in [2.24, 2.45) is 5.92 Å². The van der Waals surface area contributed by atoms with Crippen LogP contribution in [-0.4, -0.2) is 92.9 Å². The summed E-state index contributed by atoms with van der Waals surface area (Å²) in [5.41, 5.74) is 0.696. The van der Waals surface area contributed by atoms with E-state index < -0.39 is 0 Å². The number of hydrogen-bond donors (Lipinski definition) is 0. The third-order valence-electron chi connectivity index (χ3n) is 6.32. The Bertz CT molecular complexity index is 640. The molecule has 4 heterocycles. The van der Waals surface area contributed by atoms with E-state index in [1.807, 2.05) is 17.0 Å². The Morgan fingerprint density at radius 1 is 1.14 bits per heavy atom. The molecule has 0 N–H and O–H groups in total. The van der Waals surface area contributed by atoms with Gasteiger partial charge >= 0.3 is 0 Å². The number of hydrogen-bond acceptors (Lipinski definition) is 6. The van der Waals surface area contributed by atoms with Crippen molar-refractivity contribution in [1.82, 2.24) is 14.8 Å². The number of piperidine rings is 1. The fraction of sp³-hybridized carbons (Fsp3) is 0.714. The van der Waals surface area contributed by atoms with E-state index in [4.69, 9.17) is 9.47 Å². The number of likely N-dealkylation sites (tertiary alicyclic amines) is 1. The summed E-state index contributed by atoms with van der Waals surface area (Å²) >= 11 is 0. The van der Waals surface area contributed by atoms with Crippen molar-refractivity contribution in [2.75, 3.05) is 71.1 Å². The van der Waals surface area contributed by atoms with Crippen LogP contribution in [0.1, 0.15) is 29.6 Å². The first-order chi connectivity index (χ1) is 13.7. The van der Waals surface area contributed by atoms with Gasteiger partial charge in [-0.1, -0.05) is 0 Å². The second-order valence-electron chi connectivity index (χ2n) is 8.13. The molecule has 1 aromatic rings. The monoisotopic (exact) mass is 388 g/mol. The molecular formula is C21H32N4O3. The third kappa shape index (κ3) is 4.47. The molecule has 0 aromatic carbocycles. The maximum absolute atomic E-state index is 12.9. The summed E-state index contributed by atoms with van der Waals surface area (Å²) in [6.07, 6.45) is 4.97. The molecule has 7 nitrogen and oxygen atoms in total. The summed E-state index contributed by atoms with van der Waals surface area (Å²) in [4.78, 5) is 24.2. The molecule has 1 amide bonds. The number of carbonyl (C=O) groups is 1. The predicted octanol–water partition coefficient (Wildman–Crippen LogP) is 1.49. The van der Waals surface area contributed by atoms with Crippen LogP contribution >= 0.6 is 0 Å². The Balaban J connectivity index is 1.29. The van der Waals surface area contributed by atoms with Gasteiger partial charge in [-0.3, -0.25) is 9.69 Å². The highest BCUT2D eigenvalue weighted by atomic mass is 16.5. The lowest BCUT2D eigenvalue weighted by Crippen LogP contribution is -2.50. The molecule has 0 bridgehead atoms. The first-order valence-electron chi connectivity index (χ1n) is 10.6. The van der Waals surface area contributed by atoms with Crippen molar-refractivity contribution in [2.45, 2.75) is 25.3 Å².